The van der Waals surface area contributed by atoms with Crippen molar-refractivity contribution in [2.45, 2.75) is 45.1 Å². The van der Waals surface area contributed by atoms with Gasteiger partial charge in [0.05, 0.1) is 5.69 Å². The van der Waals surface area contributed by atoms with Crippen LogP contribution in [0.3, 0.4) is 0 Å². The van der Waals surface area contributed by atoms with Gasteiger partial charge in [0.1, 0.15) is 0 Å². The van der Waals surface area contributed by atoms with E-state index in [2.05, 4.69) is 10.4 Å². The van der Waals surface area contributed by atoms with Crippen molar-refractivity contribution in [3.63, 3.8) is 0 Å². The number of rotatable bonds is 5. The van der Waals surface area contributed by atoms with Gasteiger partial charge in [0, 0.05) is 12.2 Å². The van der Waals surface area contributed by atoms with Gasteiger partial charge < -0.3 is 5.73 Å². The largest absolute Gasteiger partial charge is 0.399 e. The number of nitrogens with two attached hydrogens (primary N) is 1. The van der Waals surface area contributed by atoms with Crippen molar-refractivity contribution in [1.82, 2.24) is 19.8 Å². The monoisotopic (exact) mass is 287 g/mol. The third-order valence-electron chi connectivity index (χ3n) is 4.23. The first-order valence-corrected chi connectivity index (χ1v) is 7.63. The lowest BCUT2D eigenvalue weighted by Crippen LogP contribution is -2.24. The highest BCUT2D eigenvalue weighted by Gasteiger charge is 2.15. The van der Waals surface area contributed by atoms with Crippen LogP contribution in [0.2, 0.25) is 0 Å². The Hall–Kier alpha value is -2.11. The normalized spacial score (nSPS) is 15.6. The van der Waals surface area contributed by atoms with Gasteiger partial charge in [0.15, 0.2) is 0 Å². The zero-order valence-electron chi connectivity index (χ0n) is 12.1. The lowest BCUT2D eigenvalue weighted by atomic mass is 10.0. The van der Waals surface area contributed by atoms with Gasteiger partial charge in [-0.15, -0.1) is 0 Å². The second-order valence-electron chi connectivity index (χ2n) is 5.78. The van der Waals surface area contributed by atoms with Crippen LogP contribution in [0.1, 0.15) is 38.5 Å². The van der Waals surface area contributed by atoms with Crippen LogP contribution in [-0.2, 0) is 6.54 Å². The standard InChI is InChI=1S/C15H21N5O/c16-13-7-9-14(10-8-13)20-15(21)19(17-18-20)11-3-6-12-4-1-2-5-12/h7-10,12H,1-6,11,16H2. The Morgan fingerprint density at radius 1 is 1.14 bits per heavy atom. The molecular weight excluding hydrogens is 266 g/mol. The molecule has 0 saturated heterocycles. The van der Waals surface area contributed by atoms with Crippen LogP contribution in [0.4, 0.5) is 5.69 Å². The summed E-state index contributed by atoms with van der Waals surface area (Å²) in [5, 5.41) is 7.91. The molecule has 0 unspecified atom stereocenters. The molecule has 0 bridgehead atoms. The van der Waals surface area contributed by atoms with E-state index in [4.69, 9.17) is 5.73 Å². The average Bonchev–Trinajstić information content (AvgIpc) is 3.11. The predicted octanol–water partition coefficient (Wildman–Crippen LogP) is 1.98. The first-order chi connectivity index (χ1) is 10.2. The van der Waals surface area contributed by atoms with Crippen LogP contribution in [-0.4, -0.2) is 19.8 Å². The Balaban J connectivity index is 1.64. The summed E-state index contributed by atoms with van der Waals surface area (Å²) in [5.41, 5.74) is 6.81. The molecule has 2 N–H and O–H groups in total. The summed E-state index contributed by atoms with van der Waals surface area (Å²) < 4.78 is 2.76. The van der Waals surface area contributed by atoms with Crippen molar-refractivity contribution in [3.05, 3.63) is 34.7 Å². The molecule has 1 saturated carbocycles. The Kier molecular flexibility index (Phi) is 4.03. The topological polar surface area (TPSA) is 78.7 Å². The lowest BCUT2D eigenvalue weighted by Gasteiger charge is -2.07. The van der Waals surface area contributed by atoms with E-state index in [1.54, 1.807) is 24.3 Å². The SMILES string of the molecule is Nc1ccc(-n2nnn(CCCC3CCCC3)c2=O)cc1. The fourth-order valence-electron chi connectivity index (χ4n) is 3.02. The summed E-state index contributed by atoms with van der Waals surface area (Å²) in [7, 11) is 0. The molecule has 3 rings (SSSR count). The van der Waals surface area contributed by atoms with E-state index < -0.39 is 0 Å². The number of aromatic nitrogens is 4. The predicted molar refractivity (Wildman–Crippen MR) is 81.2 cm³/mol. The number of hydrogen-bond donors (Lipinski definition) is 1. The number of benzene rings is 1. The van der Waals surface area contributed by atoms with Gasteiger partial charge in [-0.25, -0.2) is 4.79 Å². The Bertz CT molecular complexity index is 637. The van der Waals surface area contributed by atoms with Crippen molar-refractivity contribution in [1.29, 1.82) is 0 Å². The first kappa shape index (κ1) is 13.9. The molecule has 1 aliphatic carbocycles. The molecule has 112 valence electrons. The van der Waals surface area contributed by atoms with E-state index >= 15 is 0 Å². The molecule has 6 heteroatoms. The Morgan fingerprint density at radius 2 is 1.86 bits per heavy atom. The Labute approximate surface area is 123 Å². The highest BCUT2D eigenvalue weighted by atomic mass is 16.2. The molecule has 1 aliphatic rings. The van der Waals surface area contributed by atoms with Crippen LogP contribution in [0.15, 0.2) is 29.1 Å². The summed E-state index contributed by atoms with van der Waals surface area (Å²) >= 11 is 0. The molecule has 0 aliphatic heterocycles. The molecule has 6 nitrogen and oxygen atoms in total. The molecule has 1 aromatic heterocycles. The minimum Gasteiger partial charge on any atom is -0.399 e. The number of aryl methyl sites for hydroxylation is 1. The highest BCUT2D eigenvalue weighted by Crippen LogP contribution is 2.28. The van der Waals surface area contributed by atoms with Crippen LogP contribution in [0, 0.1) is 5.92 Å². The fourth-order valence-corrected chi connectivity index (χ4v) is 3.02. The fraction of sp³-hybridized carbons (Fsp3) is 0.533. The van der Waals surface area contributed by atoms with Gasteiger partial charge in [-0.05, 0) is 53.5 Å². The molecule has 0 radical (unpaired) electrons. The molecule has 1 fully saturated rings. The summed E-state index contributed by atoms with van der Waals surface area (Å²) in [4.78, 5) is 12.3. The van der Waals surface area contributed by atoms with Crippen molar-refractivity contribution >= 4 is 5.69 Å². The molecule has 1 heterocycles. The molecular formula is C15H21N5O. The van der Waals surface area contributed by atoms with E-state index in [1.165, 1.54) is 41.5 Å². The minimum absolute atomic E-state index is 0.189. The second-order valence-corrected chi connectivity index (χ2v) is 5.78. The van der Waals surface area contributed by atoms with E-state index in [9.17, 15) is 4.79 Å². The lowest BCUT2D eigenvalue weighted by molar-refractivity contribution is 0.438. The maximum absolute atomic E-state index is 12.3. The molecule has 2 aromatic rings. The van der Waals surface area contributed by atoms with E-state index in [1.807, 2.05) is 0 Å². The van der Waals surface area contributed by atoms with Gasteiger partial charge >= 0.3 is 5.69 Å². The maximum atomic E-state index is 12.3. The third-order valence-corrected chi connectivity index (χ3v) is 4.23. The molecule has 0 amide bonds. The minimum atomic E-state index is -0.189. The van der Waals surface area contributed by atoms with Gasteiger partial charge in [-0.2, -0.15) is 9.36 Å². The Morgan fingerprint density at radius 3 is 2.57 bits per heavy atom. The summed E-state index contributed by atoms with van der Waals surface area (Å²) in [6.45, 7) is 0.643. The number of tetrazole rings is 1. The second kappa shape index (κ2) is 6.11. The van der Waals surface area contributed by atoms with Crippen LogP contribution in [0.25, 0.3) is 5.69 Å². The molecule has 0 atom stereocenters. The highest BCUT2D eigenvalue weighted by molar-refractivity contribution is 5.44. The molecule has 21 heavy (non-hydrogen) atoms. The molecule has 1 aromatic carbocycles. The van der Waals surface area contributed by atoms with Crippen molar-refractivity contribution < 1.29 is 0 Å². The number of anilines is 1. The summed E-state index contributed by atoms with van der Waals surface area (Å²) in [6, 6.07) is 7.05. The van der Waals surface area contributed by atoms with Crippen LogP contribution in [0.5, 0.6) is 0 Å². The maximum Gasteiger partial charge on any atom is 0.368 e. The van der Waals surface area contributed by atoms with Crippen molar-refractivity contribution in [2.75, 3.05) is 5.73 Å². The average molecular weight is 287 g/mol. The van der Waals surface area contributed by atoms with Crippen molar-refractivity contribution in [2.24, 2.45) is 5.92 Å². The molecule has 0 spiro atoms. The zero-order valence-corrected chi connectivity index (χ0v) is 12.1. The van der Waals surface area contributed by atoms with Crippen LogP contribution >= 0.6 is 0 Å². The van der Waals surface area contributed by atoms with E-state index in [-0.39, 0.29) is 5.69 Å². The van der Waals surface area contributed by atoms with Gasteiger partial charge in [-0.3, -0.25) is 0 Å². The van der Waals surface area contributed by atoms with Crippen molar-refractivity contribution in [3.8, 4) is 5.69 Å². The summed E-state index contributed by atoms with van der Waals surface area (Å²) in [6.07, 6.45) is 7.57. The van der Waals surface area contributed by atoms with E-state index in [0.29, 0.717) is 17.9 Å². The number of nitrogens with zero attached hydrogens (tertiary/aromatic N) is 4. The van der Waals surface area contributed by atoms with E-state index in [0.717, 1.165) is 12.3 Å². The van der Waals surface area contributed by atoms with Gasteiger partial charge in [0.2, 0.25) is 0 Å². The first-order valence-electron chi connectivity index (χ1n) is 7.63. The number of hydrogen-bond acceptors (Lipinski definition) is 4. The number of nitrogen functional groups attached to an aromatic ring is 1. The van der Waals surface area contributed by atoms with Gasteiger partial charge in [0.25, 0.3) is 0 Å². The zero-order chi connectivity index (χ0) is 14.7. The smallest absolute Gasteiger partial charge is 0.368 e. The van der Waals surface area contributed by atoms with Gasteiger partial charge in [-0.1, -0.05) is 25.7 Å². The quantitative estimate of drug-likeness (QED) is 0.853. The summed E-state index contributed by atoms with van der Waals surface area (Å²) in [5.74, 6) is 0.841. The van der Waals surface area contributed by atoms with Crippen LogP contribution < -0.4 is 11.4 Å². The third kappa shape index (κ3) is 3.15.